The average molecular weight is 505 g/mol. The number of anilines is 1. The first-order chi connectivity index (χ1) is 13.0. The van der Waals surface area contributed by atoms with Gasteiger partial charge in [-0.1, -0.05) is 32.4 Å². The maximum absolute atomic E-state index is 13.6. The Morgan fingerprint density at radius 1 is 1.28 bits per heavy atom. The number of benzene rings is 1. The Hall–Kier alpha value is -0.893. The molecule has 0 spiro atoms. The zero-order valence-electron chi connectivity index (χ0n) is 18.4. The molecule has 5 nitrogen and oxygen atoms in total. The van der Waals surface area contributed by atoms with Crippen molar-refractivity contribution in [3.63, 3.8) is 0 Å². The Balaban J connectivity index is 2.53. The summed E-state index contributed by atoms with van der Waals surface area (Å²) in [6.07, 6.45) is -0.710. The van der Waals surface area contributed by atoms with E-state index in [9.17, 15) is 14.7 Å². The van der Waals surface area contributed by atoms with Crippen molar-refractivity contribution < 1.29 is 19.1 Å². The minimum absolute atomic E-state index is 0.0678. The molecule has 0 fully saturated rings. The van der Waals surface area contributed by atoms with Gasteiger partial charge in [0, 0.05) is 11.1 Å². The fourth-order valence-corrected chi connectivity index (χ4v) is 5.23. The third-order valence-corrected chi connectivity index (χ3v) is 12.3. The van der Waals surface area contributed by atoms with Crippen LogP contribution in [0.5, 0.6) is 0 Å². The van der Waals surface area contributed by atoms with Crippen LogP contribution in [0.3, 0.4) is 0 Å². The molecule has 1 atom stereocenters. The van der Waals surface area contributed by atoms with Crippen LogP contribution in [0, 0.1) is 0 Å². The number of hydrogen-bond donors (Lipinski definition) is 1. The van der Waals surface area contributed by atoms with Crippen LogP contribution in [0.2, 0.25) is 23.2 Å². The second-order valence-electron chi connectivity index (χ2n) is 9.98. The van der Waals surface area contributed by atoms with Crippen LogP contribution in [0.4, 0.5) is 10.5 Å². The molecule has 0 aliphatic carbocycles. The van der Waals surface area contributed by atoms with Crippen LogP contribution < -0.4 is 4.90 Å². The molecular weight excluding hydrogens is 474 g/mol. The first-order valence-electron chi connectivity index (χ1n) is 9.68. The van der Waals surface area contributed by atoms with E-state index < -0.39 is 25.4 Å². The number of ketones is 1. The Morgan fingerprint density at radius 3 is 2.31 bits per heavy atom. The largest absolute Gasteiger partial charge is 0.465 e. The minimum Gasteiger partial charge on any atom is -0.465 e. The molecule has 29 heavy (non-hydrogen) atoms. The zero-order chi connectivity index (χ0) is 22.6. The first kappa shape index (κ1) is 24.4. The highest BCUT2D eigenvalue weighted by molar-refractivity contribution is 9.10. The number of fused-ring (bicyclic) bond motifs is 1. The highest BCUT2D eigenvalue weighted by atomic mass is 79.9. The lowest BCUT2D eigenvalue weighted by atomic mass is 9.66. The van der Waals surface area contributed by atoms with E-state index in [0.717, 1.165) is 4.90 Å². The van der Waals surface area contributed by atoms with Crippen LogP contribution in [-0.4, -0.2) is 37.4 Å². The summed E-state index contributed by atoms with van der Waals surface area (Å²) in [5.41, 5.74) is -1.01. The van der Waals surface area contributed by atoms with Crippen molar-refractivity contribution in [2.75, 3.05) is 11.5 Å². The van der Waals surface area contributed by atoms with Crippen molar-refractivity contribution in [1.29, 1.82) is 0 Å². The first-order valence-corrected chi connectivity index (χ1v) is 13.8. The SMILES string of the molecule is CC1(CCO[Si](C)(C)C(C)(C)C)C(=O)C(C)(C)N(C(=O)O)c2cc(Cl)c(Br)cc21. The van der Waals surface area contributed by atoms with Crippen LogP contribution >= 0.6 is 27.5 Å². The summed E-state index contributed by atoms with van der Waals surface area (Å²) in [5, 5.41) is 10.3. The van der Waals surface area contributed by atoms with Gasteiger partial charge in [-0.05, 0) is 79.0 Å². The van der Waals surface area contributed by atoms with Crippen molar-refractivity contribution in [3.05, 3.63) is 27.2 Å². The molecule has 1 amide bonds. The molecule has 1 heterocycles. The summed E-state index contributed by atoms with van der Waals surface area (Å²) in [5.74, 6) is -0.145. The standard InChI is InChI=1S/C21H31BrClNO4Si/c1-19(2,3)29(7,8)28-10-9-21(6)13-11-14(22)15(23)12-16(13)24(18(26)27)20(4,5)17(21)25/h11-12H,9-10H2,1-8H3,(H,26,27). The minimum atomic E-state index is -1.97. The topological polar surface area (TPSA) is 66.8 Å². The molecule has 162 valence electrons. The molecule has 1 aromatic carbocycles. The van der Waals surface area contributed by atoms with Gasteiger partial charge in [-0.3, -0.25) is 9.69 Å². The van der Waals surface area contributed by atoms with Gasteiger partial charge in [0.1, 0.15) is 5.54 Å². The van der Waals surface area contributed by atoms with Gasteiger partial charge in [0.15, 0.2) is 14.1 Å². The number of rotatable bonds is 4. The summed E-state index contributed by atoms with van der Waals surface area (Å²) in [6, 6.07) is 3.39. The van der Waals surface area contributed by atoms with Crippen molar-refractivity contribution in [1.82, 2.24) is 0 Å². The summed E-state index contributed by atoms with van der Waals surface area (Å²) in [7, 11) is -1.97. The van der Waals surface area contributed by atoms with Gasteiger partial charge < -0.3 is 9.53 Å². The third-order valence-electron chi connectivity index (χ3n) is 6.55. The smallest absolute Gasteiger partial charge is 0.412 e. The summed E-state index contributed by atoms with van der Waals surface area (Å²) in [6.45, 7) is 16.5. The van der Waals surface area contributed by atoms with Crippen LogP contribution in [0.1, 0.15) is 53.5 Å². The van der Waals surface area contributed by atoms with Crippen molar-refractivity contribution >= 4 is 53.4 Å². The van der Waals surface area contributed by atoms with Crippen LogP contribution in [0.25, 0.3) is 0 Å². The molecule has 1 unspecified atom stereocenters. The number of hydrogen-bond acceptors (Lipinski definition) is 3. The quantitative estimate of drug-likeness (QED) is 0.468. The van der Waals surface area contributed by atoms with E-state index in [4.69, 9.17) is 16.0 Å². The van der Waals surface area contributed by atoms with Gasteiger partial charge in [0.05, 0.1) is 16.1 Å². The van der Waals surface area contributed by atoms with Crippen molar-refractivity contribution in [3.8, 4) is 0 Å². The Bertz CT molecular complexity index is 850. The van der Waals surface area contributed by atoms with Crippen molar-refractivity contribution in [2.24, 2.45) is 0 Å². The predicted molar refractivity (Wildman–Crippen MR) is 124 cm³/mol. The monoisotopic (exact) mass is 503 g/mol. The second-order valence-corrected chi connectivity index (χ2v) is 16.1. The van der Waals surface area contributed by atoms with Gasteiger partial charge in [0.2, 0.25) is 0 Å². The van der Waals surface area contributed by atoms with Gasteiger partial charge in [-0.2, -0.15) is 0 Å². The number of halogens is 2. The van der Waals surface area contributed by atoms with Crippen LogP contribution in [-0.2, 0) is 14.6 Å². The predicted octanol–water partition coefficient (Wildman–Crippen LogP) is 6.62. The van der Waals surface area contributed by atoms with Gasteiger partial charge in [-0.25, -0.2) is 4.79 Å². The summed E-state index contributed by atoms with van der Waals surface area (Å²) >= 11 is 9.71. The number of carboxylic acid groups (broad SMARTS) is 1. The van der Waals surface area contributed by atoms with Gasteiger partial charge in [-0.15, -0.1) is 0 Å². The highest BCUT2D eigenvalue weighted by Gasteiger charge is 2.54. The molecule has 0 radical (unpaired) electrons. The Kier molecular flexibility index (Phi) is 6.44. The zero-order valence-corrected chi connectivity index (χ0v) is 21.8. The number of carbonyl (C=O) groups excluding carboxylic acids is 1. The molecule has 0 saturated carbocycles. The number of amides is 1. The normalized spacial score (nSPS) is 21.9. The lowest BCUT2D eigenvalue weighted by molar-refractivity contribution is -0.129. The molecule has 0 bridgehead atoms. The van der Waals surface area contributed by atoms with E-state index >= 15 is 0 Å². The lowest BCUT2D eigenvalue weighted by Crippen LogP contribution is -2.62. The van der Waals surface area contributed by atoms with E-state index in [1.54, 1.807) is 26.0 Å². The summed E-state index contributed by atoms with van der Waals surface area (Å²) < 4.78 is 6.97. The highest BCUT2D eigenvalue weighted by Crippen LogP contribution is 2.49. The number of carbonyl (C=O) groups is 2. The molecule has 0 saturated heterocycles. The Morgan fingerprint density at radius 2 is 1.83 bits per heavy atom. The van der Waals surface area contributed by atoms with Gasteiger partial charge in [0.25, 0.3) is 0 Å². The van der Waals surface area contributed by atoms with E-state index in [1.807, 2.05) is 6.92 Å². The molecule has 1 aromatic rings. The second kappa shape index (κ2) is 7.66. The fourth-order valence-electron chi connectivity index (χ4n) is 3.68. The Labute approximate surface area is 188 Å². The fraction of sp³-hybridized carbons (Fsp3) is 0.619. The maximum atomic E-state index is 13.6. The van der Waals surface area contributed by atoms with Crippen molar-refractivity contribution in [2.45, 2.75) is 77.0 Å². The van der Waals surface area contributed by atoms with E-state index in [1.165, 1.54) is 0 Å². The molecule has 1 aliphatic rings. The maximum Gasteiger partial charge on any atom is 0.412 e. The van der Waals surface area contributed by atoms with E-state index in [0.29, 0.717) is 33.8 Å². The molecular formula is C21H31BrClNO4Si. The molecule has 2 rings (SSSR count). The molecule has 1 N–H and O–H groups in total. The average Bonchev–Trinajstić information content (AvgIpc) is 2.54. The summed E-state index contributed by atoms with van der Waals surface area (Å²) in [4.78, 5) is 26.8. The number of nitrogens with zero attached hydrogens (tertiary/aromatic N) is 1. The van der Waals surface area contributed by atoms with E-state index in [-0.39, 0.29) is 10.8 Å². The third kappa shape index (κ3) is 4.16. The molecule has 8 heteroatoms. The molecule has 1 aliphatic heterocycles. The van der Waals surface area contributed by atoms with Crippen LogP contribution in [0.15, 0.2) is 16.6 Å². The number of Topliss-reactive ketones (excluding diaryl/α,β-unsaturated/α-hetero) is 1. The van der Waals surface area contributed by atoms with Gasteiger partial charge >= 0.3 is 6.09 Å². The van der Waals surface area contributed by atoms with E-state index in [2.05, 4.69) is 49.8 Å². The molecule has 0 aromatic heterocycles. The lowest BCUT2D eigenvalue weighted by Gasteiger charge is -2.48.